The molecular formula is C11H13NO. The van der Waals surface area contributed by atoms with Crippen LogP contribution in [0.3, 0.4) is 0 Å². The summed E-state index contributed by atoms with van der Waals surface area (Å²) >= 11 is 0. The van der Waals surface area contributed by atoms with Gasteiger partial charge in [-0.25, -0.2) is 0 Å². The van der Waals surface area contributed by atoms with Crippen LogP contribution in [0.4, 0.5) is 0 Å². The minimum absolute atomic E-state index is 0.0342. The van der Waals surface area contributed by atoms with E-state index in [1.807, 2.05) is 19.1 Å². The molecule has 1 aliphatic heterocycles. The molecule has 0 bridgehead atoms. The zero-order valence-corrected chi connectivity index (χ0v) is 8.00. The van der Waals surface area contributed by atoms with Crippen molar-refractivity contribution in [3.8, 4) is 0 Å². The molecule has 2 heteroatoms. The largest absolute Gasteiger partial charge is 0.311 e. The van der Waals surface area contributed by atoms with Gasteiger partial charge in [0.2, 0.25) is 0 Å². The van der Waals surface area contributed by atoms with Gasteiger partial charge in [-0.3, -0.25) is 4.79 Å². The molecule has 0 atom stereocenters. The van der Waals surface area contributed by atoms with E-state index in [1.165, 1.54) is 4.90 Å². The summed E-state index contributed by atoms with van der Waals surface area (Å²) in [6, 6.07) is 0. The number of nitrogens with zero attached hydrogens (tertiary/aromatic N) is 1. The number of rotatable bonds is 2. The fourth-order valence-corrected chi connectivity index (χ4v) is 1.30. The molecule has 0 aliphatic carbocycles. The summed E-state index contributed by atoms with van der Waals surface area (Å²) in [5.74, 6) is -0.0342. The maximum Gasteiger partial charge on any atom is 0.258 e. The maximum absolute atomic E-state index is 11.5. The van der Waals surface area contributed by atoms with Crippen LogP contribution < -0.4 is 0 Å². The van der Waals surface area contributed by atoms with Gasteiger partial charge in [0.25, 0.3) is 5.91 Å². The first-order valence-corrected chi connectivity index (χ1v) is 4.10. The quantitative estimate of drug-likeness (QED) is 0.628. The highest BCUT2D eigenvalue weighted by molar-refractivity contribution is 6.03. The van der Waals surface area contributed by atoms with Crippen LogP contribution in [0.5, 0.6) is 0 Å². The highest BCUT2D eigenvalue weighted by Crippen LogP contribution is 2.27. The van der Waals surface area contributed by atoms with Crippen molar-refractivity contribution in [2.45, 2.75) is 6.92 Å². The van der Waals surface area contributed by atoms with Gasteiger partial charge in [0.15, 0.2) is 0 Å². The van der Waals surface area contributed by atoms with Crippen LogP contribution in [-0.4, -0.2) is 17.9 Å². The van der Waals surface area contributed by atoms with Crippen molar-refractivity contribution < 1.29 is 4.79 Å². The number of carbonyl (C=O) groups excluding carboxylic acids is 1. The summed E-state index contributed by atoms with van der Waals surface area (Å²) in [5.41, 5.74) is 2.23. The summed E-state index contributed by atoms with van der Waals surface area (Å²) in [4.78, 5) is 13.1. The van der Waals surface area contributed by atoms with E-state index < -0.39 is 0 Å². The van der Waals surface area contributed by atoms with Crippen molar-refractivity contribution in [1.82, 2.24) is 4.90 Å². The summed E-state index contributed by atoms with van der Waals surface area (Å²) in [6.07, 6.45) is 5.34. The Hall–Kier alpha value is -1.57. The summed E-state index contributed by atoms with van der Waals surface area (Å²) < 4.78 is 0. The van der Waals surface area contributed by atoms with Gasteiger partial charge in [0.05, 0.1) is 0 Å². The Morgan fingerprint density at radius 3 is 2.46 bits per heavy atom. The lowest BCUT2D eigenvalue weighted by Crippen LogP contribution is -2.19. The maximum atomic E-state index is 11.5. The zero-order chi connectivity index (χ0) is 10.0. The molecule has 1 heterocycles. The van der Waals surface area contributed by atoms with Crippen LogP contribution in [0.1, 0.15) is 6.92 Å². The van der Waals surface area contributed by atoms with Crippen molar-refractivity contribution in [3.05, 3.63) is 48.2 Å². The lowest BCUT2D eigenvalue weighted by atomic mass is 10.1. The topological polar surface area (TPSA) is 20.3 Å². The van der Waals surface area contributed by atoms with Gasteiger partial charge in [0, 0.05) is 23.9 Å². The van der Waals surface area contributed by atoms with Gasteiger partial charge in [-0.05, 0) is 6.92 Å². The normalized spacial score (nSPS) is 17.8. The molecule has 0 saturated carbocycles. The second kappa shape index (κ2) is 3.44. The number of amides is 1. The van der Waals surface area contributed by atoms with Gasteiger partial charge in [-0.1, -0.05) is 31.4 Å². The number of hydrogen-bond acceptors (Lipinski definition) is 1. The molecule has 2 nitrogen and oxygen atoms in total. The number of allylic oxidation sites excluding steroid dienone is 2. The highest BCUT2D eigenvalue weighted by atomic mass is 16.2. The summed E-state index contributed by atoms with van der Waals surface area (Å²) in [7, 11) is 1.71. The van der Waals surface area contributed by atoms with E-state index in [2.05, 4.69) is 13.2 Å². The predicted molar refractivity (Wildman–Crippen MR) is 53.9 cm³/mol. The Kier molecular flexibility index (Phi) is 2.52. The number of hydrogen-bond donors (Lipinski definition) is 0. The molecule has 0 unspecified atom stereocenters. The summed E-state index contributed by atoms with van der Waals surface area (Å²) in [5, 5.41) is 0. The first kappa shape index (κ1) is 9.52. The molecule has 0 saturated heterocycles. The zero-order valence-electron chi connectivity index (χ0n) is 8.00. The molecule has 0 aromatic rings. The Labute approximate surface area is 78.5 Å². The first-order chi connectivity index (χ1) is 6.13. The van der Waals surface area contributed by atoms with E-state index in [0.29, 0.717) is 5.57 Å². The second-order valence-corrected chi connectivity index (χ2v) is 2.84. The predicted octanol–water partition coefficient (Wildman–Crippen LogP) is 2.03. The third-order valence-corrected chi connectivity index (χ3v) is 2.08. The average molecular weight is 175 g/mol. The molecule has 0 aromatic heterocycles. The molecule has 0 fully saturated rings. The van der Waals surface area contributed by atoms with E-state index in [4.69, 9.17) is 0 Å². The molecule has 1 rings (SSSR count). The monoisotopic (exact) mass is 175 g/mol. The van der Waals surface area contributed by atoms with E-state index in [9.17, 15) is 4.79 Å². The smallest absolute Gasteiger partial charge is 0.258 e. The Bertz CT molecular complexity index is 334. The Morgan fingerprint density at radius 2 is 2.00 bits per heavy atom. The van der Waals surface area contributed by atoms with E-state index >= 15 is 0 Å². The van der Waals surface area contributed by atoms with Crippen LogP contribution in [0.15, 0.2) is 48.2 Å². The summed E-state index contributed by atoms with van der Waals surface area (Å²) in [6.45, 7) is 9.35. The third kappa shape index (κ3) is 1.35. The lowest BCUT2D eigenvalue weighted by Gasteiger charge is -2.09. The molecule has 0 N–H and O–H groups in total. The van der Waals surface area contributed by atoms with Crippen LogP contribution in [0.2, 0.25) is 0 Å². The van der Waals surface area contributed by atoms with Gasteiger partial charge < -0.3 is 4.90 Å². The van der Waals surface area contributed by atoms with Crippen LogP contribution in [0, 0.1) is 0 Å². The Balaban J connectivity index is 3.24. The number of carbonyl (C=O) groups is 1. The van der Waals surface area contributed by atoms with Crippen molar-refractivity contribution in [2.75, 3.05) is 7.05 Å². The molecule has 13 heavy (non-hydrogen) atoms. The van der Waals surface area contributed by atoms with Crippen molar-refractivity contribution in [2.24, 2.45) is 0 Å². The molecule has 0 spiro atoms. The van der Waals surface area contributed by atoms with Gasteiger partial charge >= 0.3 is 0 Å². The highest BCUT2D eigenvalue weighted by Gasteiger charge is 2.27. The van der Waals surface area contributed by atoms with E-state index in [0.717, 1.165) is 11.3 Å². The molecule has 1 aliphatic rings. The van der Waals surface area contributed by atoms with Gasteiger partial charge in [0.1, 0.15) is 0 Å². The van der Waals surface area contributed by atoms with Gasteiger partial charge in [-0.2, -0.15) is 0 Å². The van der Waals surface area contributed by atoms with Crippen LogP contribution in [-0.2, 0) is 4.79 Å². The Morgan fingerprint density at radius 1 is 1.38 bits per heavy atom. The minimum Gasteiger partial charge on any atom is -0.311 e. The molecular weight excluding hydrogens is 162 g/mol. The van der Waals surface area contributed by atoms with Crippen LogP contribution in [0.25, 0.3) is 0 Å². The molecule has 0 aromatic carbocycles. The first-order valence-electron chi connectivity index (χ1n) is 4.10. The van der Waals surface area contributed by atoms with Gasteiger partial charge in [-0.15, -0.1) is 0 Å². The third-order valence-electron chi connectivity index (χ3n) is 2.08. The van der Waals surface area contributed by atoms with Crippen LogP contribution >= 0.6 is 0 Å². The standard InChI is InChI=1S/C11H13NO/c1-5-7-10-8(3)12(4)11(13)9(10)6-2/h5-7H,2-3H2,1,4H3/b7-5-. The van der Waals surface area contributed by atoms with Crippen molar-refractivity contribution >= 4 is 5.91 Å². The minimum atomic E-state index is -0.0342. The van der Waals surface area contributed by atoms with E-state index in [-0.39, 0.29) is 5.91 Å². The molecule has 68 valence electrons. The lowest BCUT2D eigenvalue weighted by molar-refractivity contribution is -0.122. The van der Waals surface area contributed by atoms with Crippen molar-refractivity contribution in [1.29, 1.82) is 0 Å². The van der Waals surface area contributed by atoms with E-state index in [1.54, 1.807) is 13.1 Å². The van der Waals surface area contributed by atoms with Crippen molar-refractivity contribution in [3.63, 3.8) is 0 Å². The fraction of sp³-hybridized carbons (Fsp3) is 0.182. The second-order valence-electron chi connectivity index (χ2n) is 2.84. The molecule has 0 radical (unpaired) electrons. The number of likely N-dealkylation sites (N-methyl/N-ethyl adjacent to an activating group) is 1. The average Bonchev–Trinajstić information content (AvgIpc) is 2.32. The SMILES string of the molecule is C=CC1=C(/C=C\C)C(=C)N(C)C1=O. The fourth-order valence-electron chi connectivity index (χ4n) is 1.30. The molecule has 1 amide bonds.